The first kappa shape index (κ1) is 16.9. The van der Waals surface area contributed by atoms with Crippen LogP contribution in [0.1, 0.15) is 32.3 Å². The summed E-state index contributed by atoms with van der Waals surface area (Å²) in [5, 5.41) is 15.4. The van der Waals surface area contributed by atoms with Gasteiger partial charge in [0.1, 0.15) is 11.9 Å². The van der Waals surface area contributed by atoms with Crippen LogP contribution in [0.2, 0.25) is 0 Å². The van der Waals surface area contributed by atoms with E-state index in [2.05, 4.69) is 10.5 Å². The highest BCUT2D eigenvalue weighted by Crippen LogP contribution is 2.18. The van der Waals surface area contributed by atoms with Gasteiger partial charge in [0.25, 0.3) is 5.91 Å². The number of benzene rings is 1. The van der Waals surface area contributed by atoms with Gasteiger partial charge < -0.3 is 15.3 Å². The third-order valence-corrected chi connectivity index (χ3v) is 3.44. The van der Waals surface area contributed by atoms with Crippen molar-refractivity contribution >= 4 is 17.6 Å². The van der Waals surface area contributed by atoms with Gasteiger partial charge in [0.15, 0.2) is 0 Å². The first-order chi connectivity index (χ1) is 10.9. The van der Waals surface area contributed by atoms with Crippen molar-refractivity contribution in [2.24, 2.45) is 11.1 Å². The fourth-order valence-corrected chi connectivity index (χ4v) is 2.31. The average Bonchev–Trinajstić information content (AvgIpc) is 2.95. The van der Waals surface area contributed by atoms with Gasteiger partial charge >= 0.3 is 5.97 Å². The molecule has 0 bridgehead atoms. The van der Waals surface area contributed by atoms with E-state index >= 15 is 0 Å². The molecule has 0 radical (unpaired) electrons. The Morgan fingerprint density at radius 1 is 1.48 bits per heavy atom. The van der Waals surface area contributed by atoms with Gasteiger partial charge in [-0.25, -0.2) is 9.18 Å². The molecule has 1 amide bonds. The molecule has 0 saturated heterocycles. The van der Waals surface area contributed by atoms with Crippen molar-refractivity contribution in [1.82, 2.24) is 5.32 Å². The van der Waals surface area contributed by atoms with Gasteiger partial charge in [-0.1, -0.05) is 31.1 Å². The summed E-state index contributed by atoms with van der Waals surface area (Å²) in [6, 6.07) is 4.87. The minimum atomic E-state index is -1.09. The molecule has 1 heterocycles. The van der Waals surface area contributed by atoms with Crippen molar-refractivity contribution in [2.75, 3.05) is 0 Å². The molecule has 1 aromatic rings. The molecule has 0 spiro atoms. The molecule has 1 aliphatic heterocycles. The number of hydrogen-bond acceptors (Lipinski definition) is 4. The van der Waals surface area contributed by atoms with Crippen molar-refractivity contribution in [3.8, 4) is 0 Å². The van der Waals surface area contributed by atoms with Crippen LogP contribution >= 0.6 is 0 Å². The number of carbonyl (C=O) groups excluding carboxylic acids is 1. The van der Waals surface area contributed by atoms with Crippen LogP contribution in [0.3, 0.4) is 0 Å². The Hall–Kier alpha value is -2.44. The average molecular weight is 322 g/mol. The number of hydrogen-bond donors (Lipinski definition) is 2. The van der Waals surface area contributed by atoms with E-state index in [1.165, 1.54) is 12.1 Å². The fraction of sp³-hybridized carbons (Fsp3) is 0.438. The maximum absolute atomic E-state index is 13.2. The number of oxime groups is 1. The number of carbonyl (C=O) groups is 2. The molecule has 2 N–H and O–H groups in total. The topological polar surface area (TPSA) is 88.0 Å². The maximum atomic E-state index is 13.2. The second kappa shape index (κ2) is 7.21. The zero-order valence-corrected chi connectivity index (χ0v) is 13.0. The van der Waals surface area contributed by atoms with Crippen molar-refractivity contribution in [2.45, 2.75) is 38.8 Å². The number of carboxylic acid groups (broad SMARTS) is 1. The lowest BCUT2D eigenvalue weighted by Gasteiger charge is -2.18. The van der Waals surface area contributed by atoms with Crippen molar-refractivity contribution in [3.63, 3.8) is 0 Å². The molecule has 1 aromatic carbocycles. The van der Waals surface area contributed by atoms with Crippen LogP contribution in [0.25, 0.3) is 0 Å². The van der Waals surface area contributed by atoms with E-state index in [0.29, 0.717) is 17.7 Å². The predicted octanol–water partition coefficient (Wildman–Crippen LogP) is 1.93. The Morgan fingerprint density at radius 3 is 2.83 bits per heavy atom. The highest BCUT2D eigenvalue weighted by atomic mass is 19.1. The Bertz CT molecular complexity index is 630. The van der Waals surface area contributed by atoms with Crippen molar-refractivity contribution in [3.05, 3.63) is 35.6 Å². The number of carboxylic acids is 1. The van der Waals surface area contributed by atoms with Crippen LogP contribution in [0, 0.1) is 11.7 Å². The largest absolute Gasteiger partial charge is 0.480 e. The molecule has 2 atom stereocenters. The standard InChI is InChI=1S/C16H19FN2O4/c1-9(2)6-13(16(21)22)18-15(20)14-8-12(19-23-14)10-4-3-5-11(17)7-10/h3-5,7,9,13-14H,6,8H2,1-2H3,(H,18,20)(H,21,22). The Balaban J connectivity index is 1.97. The summed E-state index contributed by atoms with van der Waals surface area (Å²) in [7, 11) is 0. The summed E-state index contributed by atoms with van der Waals surface area (Å²) < 4.78 is 13.2. The van der Waals surface area contributed by atoms with Crippen LogP contribution < -0.4 is 5.32 Å². The predicted molar refractivity (Wildman–Crippen MR) is 81.4 cm³/mol. The maximum Gasteiger partial charge on any atom is 0.326 e. The lowest BCUT2D eigenvalue weighted by atomic mass is 10.0. The van der Waals surface area contributed by atoms with Crippen LogP contribution in [-0.4, -0.2) is 34.8 Å². The summed E-state index contributed by atoms with van der Waals surface area (Å²) in [5.74, 6) is -1.90. The summed E-state index contributed by atoms with van der Waals surface area (Å²) in [6.07, 6.45) is -0.406. The molecule has 23 heavy (non-hydrogen) atoms. The monoisotopic (exact) mass is 322 g/mol. The molecule has 0 aromatic heterocycles. The lowest BCUT2D eigenvalue weighted by Crippen LogP contribution is -2.46. The molecular formula is C16H19FN2O4. The zero-order valence-electron chi connectivity index (χ0n) is 13.0. The minimum Gasteiger partial charge on any atom is -0.480 e. The molecule has 6 nitrogen and oxygen atoms in total. The number of nitrogens with one attached hydrogen (secondary N) is 1. The third kappa shape index (κ3) is 4.51. The molecule has 0 fully saturated rings. The van der Waals surface area contributed by atoms with Crippen LogP contribution in [0.15, 0.2) is 29.4 Å². The number of rotatable bonds is 6. The zero-order chi connectivity index (χ0) is 17.0. The number of aliphatic carboxylic acids is 1. The SMILES string of the molecule is CC(C)CC(NC(=O)C1CC(c2cccc(F)c2)=NO1)C(=O)O. The van der Waals surface area contributed by atoms with Crippen molar-refractivity contribution in [1.29, 1.82) is 0 Å². The van der Waals surface area contributed by atoms with E-state index in [4.69, 9.17) is 9.94 Å². The first-order valence-electron chi connectivity index (χ1n) is 7.38. The molecule has 7 heteroatoms. The molecule has 2 unspecified atom stereocenters. The quantitative estimate of drug-likeness (QED) is 0.838. The molecule has 0 aliphatic carbocycles. The molecule has 2 rings (SSSR count). The van der Waals surface area contributed by atoms with Gasteiger partial charge in [0.2, 0.25) is 6.10 Å². The van der Waals surface area contributed by atoms with Gasteiger partial charge in [-0.15, -0.1) is 0 Å². The molecule has 124 valence electrons. The van der Waals surface area contributed by atoms with Gasteiger partial charge in [-0.2, -0.15) is 0 Å². The van der Waals surface area contributed by atoms with Gasteiger partial charge in [0, 0.05) is 12.0 Å². The van der Waals surface area contributed by atoms with E-state index in [1.54, 1.807) is 12.1 Å². The molecule has 1 aliphatic rings. The highest BCUT2D eigenvalue weighted by molar-refractivity contribution is 6.04. The number of halogens is 1. The first-order valence-corrected chi connectivity index (χ1v) is 7.38. The summed E-state index contributed by atoms with van der Waals surface area (Å²) >= 11 is 0. The van der Waals surface area contributed by atoms with Crippen LogP contribution in [-0.2, 0) is 14.4 Å². The van der Waals surface area contributed by atoms with E-state index in [-0.39, 0.29) is 12.3 Å². The minimum absolute atomic E-state index is 0.125. The van der Waals surface area contributed by atoms with E-state index in [0.717, 1.165) is 0 Å². The van der Waals surface area contributed by atoms with E-state index in [9.17, 15) is 14.0 Å². The van der Waals surface area contributed by atoms with Crippen LogP contribution in [0.5, 0.6) is 0 Å². The third-order valence-electron chi connectivity index (χ3n) is 3.44. The Labute approximate surface area is 133 Å². The second-order valence-electron chi connectivity index (χ2n) is 5.88. The lowest BCUT2D eigenvalue weighted by molar-refractivity contribution is -0.144. The summed E-state index contributed by atoms with van der Waals surface area (Å²) in [5.41, 5.74) is 0.998. The fourth-order valence-electron chi connectivity index (χ4n) is 2.31. The van der Waals surface area contributed by atoms with Gasteiger partial charge in [0.05, 0.1) is 5.71 Å². The summed E-state index contributed by atoms with van der Waals surface area (Å²) in [6.45, 7) is 3.75. The normalized spacial score (nSPS) is 18.3. The molecular weight excluding hydrogens is 303 g/mol. The van der Waals surface area contributed by atoms with E-state index < -0.39 is 29.8 Å². The highest BCUT2D eigenvalue weighted by Gasteiger charge is 2.32. The number of nitrogens with zero attached hydrogens (tertiary/aromatic N) is 1. The number of amides is 1. The van der Waals surface area contributed by atoms with E-state index in [1.807, 2.05) is 13.8 Å². The molecule has 0 saturated carbocycles. The smallest absolute Gasteiger partial charge is 0.326 e. The second-order valence-corrected chi connectivity index (χ2v) is 5.88. The Morgan fingerprint density at radius 2 is 2.22 bits per heavy atom. The van der Waals surface area contributed by atoms with Gasteiger partial charge in [-0.05, 0) is 24.5 Å². The Kier molecular flexibility index (Phi) is 5.31. The summed E-state index contributed by atoms with van der Waals surface area (Å²) in [4.78, 5) is 28.4. The van der Waals surface area contributed by atoms with Crippen molar-refractivity contribution < 1.29 is 23.9 Å². The van der Waals surface area contributed by atoms with Gasteiger partial charge in [-0.3, -0.25) is 4.79 Å². The van der Waals surface area contributed by atoms with Crippen LogP contribution in [0.4, 0.5) is 4.39 Å².